The number of hydrogen-bond donors (Lipinski definition) is 1. The molecule has 0 aromatic carbocycles. The van der Waals surface area contributed by atoms with Crippen LogP contribution < -0.4 is 0 Å². The van der Waals surface area contributed by atoms with E-state index >= 15 is 0 Å². The first-order chi connectivity index (χ1) is 7.69. The molecule has 2 rings (SSSR count). The lowest BCUT2D eigenvalue weighted by Crippen LogP contribution is -1.99. The second-order valence-electron chi connectivity index (χ2n) is 3.87. The van der Waals surface area contributed by atoms with Gasteiger partial charge in [-0.25, -0.2) is 0 Å². The molecule has 2 aromatic heterocycles. The summed E-state index contributed by atoms with van der Waals surface area (Å²) >= 11 is 0. The summed E-state index contributed by atoms with van der Waals surface area (Å²) in [5, 5.41) is 14.1. The van der Waals surface area contributed by atoms with Crippen molar-refractivity contribution in [3.63, 3.8) is 0 Å². The van der Waals surface area contributed by atoms with Gasteiger partial charge in [0.15, 0.2) is 0 Å². The molecule has 0 spiro atoms. The number of hydrogen-bond acceptors (Lipinski definition) is 3. The quantitative estimate of drug-likeness (QED) is 0.858. The number of rotatable bonds is 4. The second kappa shape index (κ2) is 4.53. The molecule has 0 saturated carbocycles. The van der Waals surface area contributed by atoms with Crippen LogP contribution in [-0.2, 0) is 13.0 Å². The van der Waals surface area contributed by atoms with Crippen molar-refractivity contribution in [1.29, 1.82) is 0 Å². The van der Waals surface area contributed by atoms with Gasteiger partial charge in [0.1, 0.15) is 17.6 Å². The first-order valence-electron chi connectivity index (χ1n) is 5.44. The molecule has 0 radical (unpaired) electrons. The summed E-state index contributed by atoms with van der Waals surface area (Å²) in [4.78, 5) is 0. The maximum absolute atomic E-state index is 9.94. The van der Waals surface area contributed by atoms with Crippen LogP contribution in [0.1, 0.15) is 30.1 Å². The summed E-state index contributed by atoms with van der Waals surface area (Å²) in [5.74, 6) is 1.43. The van der Waals surface area contributed by atoms with Crippen LogP contribution >= 0.6 is 0 Å². The van der Waals surface area contributed by atoms with Gasteiger partial charge in [0.2, 0.25) is 0 Å². The van der Waals surface area contributed by atoms with E-state index in [1.165, 1.54) is 0 Å². The fraction of sp³-hybridized carbons (Fsp3) is 0.417. The molecule has 4 nitrogen and oxygen atoms in total. The number of nitrogens with zero attached hydrogens (tertiary/aromatic N) is 2. The van der Waals surface area contributed by atoms with E-state index in [1.807, 2.05) is 36.9 Å². The van der Waals surface area contributed by atoms with E-state index in [2.05, 4.69) is 5.10 Å². The van der Waals surface area contributed by atoms with Gasteiger partial charge in [0.05, 0.1) is 6.20 Å². The Balaban J connectivity index is 2.04. The summed E-state index contributed by atoms with van der Waals surface area (Å²) in [5.41, 5.74) is 1.02. The predicted molar refractivity (Wildman–Crippen MR) is 60.0 cm³/mol. The number of aliphatic hydroxyl groups excluding tert-OH is 1. The molecule has 2 aromatic rings. The molecular weight excluding hydrogens is 204 g/mol. The first kappa shape index (κ1) is 11.0. The summed E-state index contributed by atoms with van der Waals surface area (Å²) in [6, 6.07) is 3.66. The van der Waals surface area contributed by atoms with Gasteiger partial charge in [-0.05, 0) is 31.5 Å². The number of aromatic nitrogens is 2. The zero-order chi connectivity index (χ0) is 11.5. The summed E-state index contributed by atoms with van der Waals surface area (Å²) in [6.45, 7) is 4.74. The third kappa shape index (κ3) is 2.33. The molecule has 0 aliphatic heterocycles. The van der Waals surface area contributed by atoms with Crippen molar-refractivity contribution in [2.24, 2.45) is 0 Å². The summed E-state index contributed by atoms with van der Waals surface area (Å²) in [7, 11) is 0. The van der Waals surface area contributed by atoms with Gasteiger partial charge >= 0.3 is 0 Å². The minimum atomic E-state index is -0.594. The first-order valence-corrected chi connectivity index (χ1v) is 5.44. The van der Waals surface area contributed by atoms with Crippen molar-refractivity contribution < 1.29 is 9.52 Å². The maximum Gasteiger partial charge on any atom is 0.132 e. The van der Waals surface area contributed by atoms with Crippen LogP contribution in [0, 0.1) is 6.92 Å². The van der Waals surface area contributed by atoms with Crippen LogP contribution in [0.5, 0.6) is 0 Å². The van der Waals surface area contributed by atoms with Crippen molar-refractivity contribution in [2.45, 2.75) is 32.9 Å². The lowest BCUT2D eigenvalue weighted by Gasteiger charge is -2.05. The van der Waals surface area contributed by atoms with Gasteiger partial charge in [0, 0.05) is 19.2 Å². The minimum Gasteiger partial charge on any atom is -0.464 e. The highest BCUT2D eigenvalue weighted by Gasteiger charge is 2.13. The molecule has 0 amide bonds. The Bertz CT molecular complexity index is 459. The summed E-state index contributed by atoms with van der Waals surface area (Å²) < 4.78 is 7.22. The zero-order valence-corrected chi connectivity index (χ0v) is 9.55. The Morgan fingerprint density at radius 3 is 2.88 bits per heavy atom. The van der Waals surface area contributed by atoms with Crippen molar-refractivity contribution in [2.75, 3.05) is 0 Å². The lowest BCUT2D eigenvalue weighted by molar-refractivity contribution is 0.149. The Labute approximate surface area is 94.5 Å². The van der Waals surface area contributed by atoms with Crippen LogP contribution in [0.15, 0.2) is 28.9 Å². The number of aryl methyl sites for hydroxylation is 2. The van der Waals surface area contributed by atoms with Gasteiger partial charge in [-0.2, -0.15) is 5.10 Å². The molecule has 0 saturated heterocycles. The van der Waals surface area contributed by atoms with E-state index in [9.17, 15) is 5.11 Å². The van der Waals surface area contributed by atoms with Crippen LogP contribution in [0.3, 0.4) is 0 Å². The molecule has 0 fully saturated rings. The Hall–Kier alpha value is -1.55. The predicted octanol–water partition coefficient (Wildman–Crippen LogP) is 2.08. The van der Waals surface area contributed by atoms with E-state index in [-0.39, 0.29) is 0 Å². The van der Waals surface area contributed by atoms with E-state index in [4.69, 9.17) is 4.42 Å². The second-order valence-corrected chi connectivity index (χ2v) is 3.87. The van der Waals surface area contributed by atoms with E-state index in [1.54, 1.807) is 6.20 Å². The highest BCUT2D eigenvalue weighted by Crippen LogP contribution is 2.20. The van der Waals surface area contributed by atoms with Crippen LogP contribution in [0.25, 0.3) is 0 Å². The van der Waals surface area contributed by atoms with Gasteiger partial charge in [0.25, 0.3) is 0 Å². The third-order valence-corrected chi connectivity index (χ3v) is 2.53. The van der Waals surface area contributed by atoms with Gasteiger partial charge in [-0.15, -0.1) is 0 Å². The highest BCUT2D eigenvalue weighted by atomic mass is 16.4. The molecule has 0 aliphatic carbocycles. The van der Waals surface area contributed by atoms with Gasteiger partial charge in [-0.1, -0.05) is 0 Å². The smallest absolute Gasteiger partial charge is 0.132 e. The standard InChI is InChI=1S/C12H16N2O2/c1-3-14-8-10(7-13-14)6-11(15)12-5-4-9(2)16-12/h4-5,7-8,11,15H,3,6H2,1-2H3. The maximum atomic E-state index is 9.94. The molecule has 1 unspecified atom stereocenters. The highest BCUT2D eigenvalue weighted by molar-refractivity contribution is 5.13. The Kier molecular flexibility index (Phi) is 3.10. The largest absolute Gasteiger partial charge is 0.464 e. The molecule has 1 N–H and O–H groups in total. The number of furan rings is 1. The van der Waals surface area contributed by atoms with Crippen LogP contribution in [0.4, 0.5) is 0 Å². The molecule has 2 heterocycles. The lowest BCUT2D eigenvalue weighted by atomic mass is 10.1. The molecule has 16 heavy (non-hydrogen) atoms. The molecule has 0 aliphatic rings. The normalized spacial score (nSPS) is 12.9. The van der Waals surface area contributed by atoms with E-state index in [0.717, 1.165) is 17.9 Å². The van der Waals surface area contributed by atoms with Crippen molar-refractivity contribution in [3.8, 4) is 0 Å². The van der Waals surface area contributed by atoms with Crippen molar-refractivity contribution >= 4 is 0 Å². The molecule has 4 heteroatoms. The zero-order valence-electron chi connectivity index (χ0n) is 9.55. The van der Waals surface area contributed by atoms with E-state index in [0.29, 0.717) is 12.2 Å². The monoisotopic (exact) mass is 220 g/mol. The Morgan fingerprint density at radius 2 is 2.31 bits per heavy atom. The van der Waals surface area contributed by atoms with E-state index < -0.39 is 6.10 Å². The minimum absolute atomic E-state index is 0.535. The average Bonchev–Trinajstić information content (AvgIpc) is 2.87. The fourth-order valence-corrected chi connectivity index (χ4v) is 1.64. The summed E-state index contributed by atoms with van der Waals surface area (Å²) in [6.07, 6.45) is 3.66. The van der Waals surface area contributed by atoms with Crippen LogP contribution in [-0.4, -0.2) is 14.9 Å². The van der Waals surface area contributed by atoms with Crippen molar-refractivity contribution in [1.82, 2.24) is 9.78 Å². The molecular formula is C12H16N2O2. The Morgan fingerprint density at radius 1 is 1.50 bits per heavy atom. The topological polar surface area (TPSA) is 51.2 Å². The molecule has 0 bridgehead atoms. The molecule has 86 valence electrons. The van der Waals surface area contributed by atoms with Gasteiger partial charge in [-0.3, -0.25) is 4.68 Å². The van der Waals surface area contributed by atoms with Crippen molar-refractivity contribution in [3.05, 3.63) is 41.6 Å². The third-order valence-electron chi connectivity index (χ3n) is 2.53. The molecule has 1 atom stereocenters. The number of aliphatic hydroxyl groups is 1. The van der Waals surface area contributed by atoms with Gasteiger partial charge < -0.3 is 9.52 Å². The average molecular weight is 220 g/mol. The SMILES string of the molecule is CCn1cc(CC(O)c2ccc(C)o2)cn1. The fourth-order valence-electron chi connectivity index (χ4n) is 1.64. The van der Waals surface area contributed by atoms with Crippen LogP contribution in [0.2, 0.25) is 0 Å².